The largest absolute Gasteiger partial charge is 0.351 e. The van der Waals surface area contributed by atoms with Gasteiger partial charge in [-0.05, 0) is 17.5 Å². The standard InChI is InChI=1S/C25H26N4O2S/c1-3-14-29-24(31)23-22(20(16-28(23)2)19-12-8-5-9-13-19)27-25(29)32-17-21(30)26-15-18-10-6-4-7-11-18/h4-13,16H,3,14-15,17H2,1-2H3,(H,26,30). The summed E-state index contributed by atoms with van der Waals surface area (Å²) >= 11 is 1.30. The highest BCUT2D eigenvalue weighted by Gasteiger charge is 2.19. The van der Waals surface area contributed by atoms with Gasteiger partial charge in [-0.2, -0.15) is 0 Å². The Hall–Kier alpha value is -3.32. The molecule has 0 aliphatic carbocycles. The number of aromatic nitrogens is 3. The number of carbonyl (C=O) groups excluding carboxylic acids is 1. The molecule has 0 spiro atoms. The molecule has 2 aromatic carbocycles. The molecule has 6 nitrogen and oxygen atoms in total. The normalized spacial score (nSPS) is 11.1. The minimum absolute atomic E-state index is 0.0753. The molecule has 0 saturated carbocycles. The maximum Gasteiger partial charge on any atom is 0.278 e. The Morgan fingerprint density at radius 2 is 1.75 bits per heavy atom. The van der Waals surface area contributed by atoms with Gasteiger partial charge in [-0.1, -0.05) is 79.3 Å². The zero-order valence-corrected chi connectivity index (χ0v) is 19.1. The van der Waals surface area contributed by atoms with Crippen LogP contribution < -0.4 is 10.9 Å². The van der Waals surface area contributed by atoms with E-state index in [0.29, 0.717) is 29.3 Å². The van der Waals surface area contributed by atoms with Crippen molar-refractivity contribution < 1.29 is 4.79 Å². The molecule has 0 radical (unpaired) electrons. The van der Waals surface area contributed by atoms with Gasteiger partial charge in [0.1, 0.15) is 11.0 Å². The summed E-state index contributed by atoms with van der Waals surface area (Å²) in [6, 6.07) is 19.7. The van der Waals surface area contributed by atoms with Crippen LogP contribution >= 0.6 is 11.8 Å². The Balaban J connectivity index is 1.63. The molecule has 2 heterocycles. The van der Waals surface area contributed by atoms with E-state index in [1.165, 1.54) is 11.8 Å². The quantitative estimate of drug-likeness (QED) is 0.325. The molecule has 0 aliphatic rings. The van der Waals surface area contributed by atoms with E-state index in [1.54, 1.807) is 4.57 Å². The molecular formula is C25H26N4O2S. The third kappa shape index (κ3) is 4.62. The maximum absolute atomic E-state index is 13.3. The van der Waals surface area contributed by atoms with Crippen molar-refractivity contribution in [2.45, 2.75) is 31.6 Å². The van der Waals surface area contributed by atoms with Crippen LogP contribution in [0.1, 0.15) is 18.9 Å². The first-order chi connectivity index (χ1) is 15.6. The molecule has 0 aliphatic heterocycles. The predicted octanol–water partition coefficient (Wildman–Crippen LogP) is 4.22. The summed E-state index contributed by atoms with van der Waals surface area (Å²) in [5, 5.41) is 3.51. The average molecular weight is 447 g/mol. The van der Waals surface area contributed by atoms with E-state index >= 15 is 0 Å². The third-order valence-corrected chi connectivity index (χ3v) is 6.21. The fraction of sp³-hybridized carbons (Fsp3) is 0.240. The molecule has 32 heavy (non-hydrogen) atoms. The molecule has 4 aromatic rings. The SMILES string of the molecule is CCCn1c(SCC(=O)NCc2ccccc2)nc2c(-c3ccccc3)cn(C)c2c1=O. The van der Waals surface area contributed by atoms with Crippen LogP contribution in [-0.2, 0) is 24.9 Å². The number of aryl methyl sites for hydroxylation is 1. The smallest absolute Gasteiger partial charge is 0.278 e. The molecule has 1 N–H and O–H groups in total. The molecule has 7 heteroatoms. The number of amides is 1. The van der Waals surface area contributed by atoms with Crippen LogP contribution in [0.3, 0.4) is 0 Å². The van der Waals surface area contributed by atoms with E-state index in [-0.39, 0.29) is 17.2 Å². The first-order valence-corrected chi connectivity index (χ1v) is 11.7. The molecule has 0 unspecified atom stereocenters. The highest BCUT2D eigenvalue weighted by Crippen LogP contribution is 2.29. The average Bonchev–Trinajstić information content (AvgIpc) is 3.16. The van der Waals surface area contributed by atoms with Gasteiger partial charge in [0, 0.05) is 31.9 Å². The van der Waals surface area contributed by atoms with Crippen molar-refractivity contribution in [2.75, 3.05) is 5.75 Å². The van der Waals surface area contributed by atoms with Crippen molar-refractivity contribution in [2.24, 2.45) is 7.05 Å². The van der Waals surface area contributed by atoms with Gasteiger partial charge in [-0.3, -0.25) is 14.2 Å². The zero-order chi connectivity index (χ0) is 22.5. The van der Waals surface area contributed by atoms with Crippen LogP contribution in [-0.4, -0.2) is 25.8 Å². The summed E-state index contributed by atoms with van der Waals surface area (Å²) < 4.78 is 3.53. The molecule has 1 amide bonds. The molecule has 0 saturated heterocycles. The van der Waals surface area contributed by atoms with Gasteiger partial charge in [0.15, 0.2) is 5.16 Å². The lowest BCUT2D eigenvalue weighted by Gasteiger charge is -2.12. The highest BCUT2D eigenvalue weighted by molar-refractivity contribution is 7.99. The van der Waals surface area contributed by atoms with E-state index in [9.17, 15) is 9.59 Å². The van der Waals surface area contributed by atoms with E-state index < -0.39 is 0 Å². The number of hydrogen-bond donors (Lipinski definition) is 1. The summed E-state index contributed by atoms with van der Waals surface area (Å²) in [6.45, 7) is 3.06. The highest BCUT2D eigenvalue weighted by atomic mass is 32.2. The van der Waals surface area contributed by atoms with Gasteiger partial charge in [0.05, 0.1) is 5.75 Å². The molecule has 4 rings (SSSR count). The molecule has 164 valence electrons. The number of benzene rings is 2. The van der Waals surface area contributed by atoms with Crippen molar-refractivity contribution in [3.8, 4) is 11.1 Å². The van der Waals surface area contributed by atoms with Crippen LogP contribution in [0, 0.1) is 0 Å². The van der Waals surface area contributed by atoms with Crippen molar-refractivity contribution in [3.63, 3.8) is 0 Å². The van der Waals surface area contributed by atoms with Crippen LogP contribution in [0.5, 0.6) is 0 Å². The summed E-state index contributed by atoms with van der Waals surface area (Å²) in [4.78, 5) is 30.7. The van der Waals surface area contributed by atoms with Gasteiger partial charge >= 0.3 is 0 Å². The van der Waals surface area contributed by atoms with E-state index in [4.69, 9.17) is 4.98 Å². The van der Waals surface area contributed by atoms with Crippen molar-refractivity contribution in [1.82, 2.24) is 19.4 Å². The number of fused-ring (bicyclic) bond motifs is 1. The van der Waals surface area contributed by atoms with E-state index in [0.717, 1.165) is 23.1 Å². The molecule has 0 fully saturated rings. The second-order valence-corrected chi connectivity index (χ2v) is 8.56. The minimum Gasteiger partial charge on any atom is -0.351 e. The van der Waals surface area contributed by atoms with Crippen molar-refractivity contribution in [1.29, 1.82) is 0 Å². The lowest BCUT2D eigenvalue weighted by atomic mass is 10.1. The number of carbonyl (C=O) groups is 1. The number of nitrogens with zero attached hydrogens (tertiary/aromatic N) is 3. The number of rotatable bonds is 8. The second kappa shape index (κ2) is 9.87. The molecule has 0 atom stereocenters. The van der Waals surface area contributed by atoms with Gasteiger partial charge in [0.25, 0.3) is 5.56 Å². The van der Waals surface area contributed by atoms with Gasteiger partial charge in [-0.15, -0.1) is 0 Å². The van der Waals surface area contributed by atoms with E-state index in [2.05, 4.69) is 5.32 Å². The monoisotopic (exact) mass is 446 g/mol. The third-order valence-electron chi connectivity index (χ3n) is 5.24. The minimum atomic E-state index is -0.0902. The Kier molecular flexibility index (Phi) is 6.75. The maximum atomic E-state index is 13.3. The van der Waals surface area contributed by atoms with Crippen LogP contribution in [0.15, 0.2) is 76.8 Å². The molecule has 2 aromatic heterocycles. The lowest BCUT2D eigenvalue weighted by Crippen LogP contribution is -2.27. The number of thioether (sulfide) groups is 1. The van der Waals surface area contributed by atoms with Gasteiger partial charge in [-0.25, -0.2) is 4.98 Å². The first kappa shape index (κ1) is 21.9. The van der Waals surface area contributed by atoms with Gasteiger partial charge in [0.2, 0.25) is 5.91 Å². The topological polar surface area (TPSA) is 68.9 Å². The zero-order valence-electron chi connectivity index (χ0n) is 18.2. The van der Waals surface area contributed by atoms with Crippen molar-refractivity contribution in [3.05, 3.63) is 82.8 Å². The Labute approximate surface area is 191 Å². The van der Waals surface area contributed by atoms with E-state index in [1.807, 2.05) is 85.4 Å². The number of hydrogen-bond acceptors (Lipinski definition) is 4. The lowest BCUT2D eigenvalue weighted by molar-refractivity contribution is -0.118. The summed E-state index contributed by atoms with van der Waals surface area (Å²) in [6.07, 6.45) is 2.75. The summed E-state index contributed by atoms with van der Waals surface area (Å²) in [5.41, 5.74) is 4.14. The fourth-order valence-electron chi connectivity index (χ4n) is 3.69. The first-order valence-electron chi connectivity index (χ1n) is 10.7. The Morgan fingerprint density at radius 1 is 1.06 bits per heavy atom. The van der Waals surface area contributed by atoms with Crippen LogP contribution in [0.4, 0.5) is 0 Å². The summed E-state index contributed by atoms with van der Waals surface area (Å²) in [5.74, 6) is 0.106. The Bertz CT molecular complexity index is 1280. The van der Waals surface area contributed by atoms with Crippen LogP contribution in [0.25, 0.3) is 22.2 Å². The molecule has 0 bridgehead atoms. The van der Waals surface area contributed by atoms with Crippen molar-refractivity contribution >= 4 is 28.7 Å². The summed E-state index contributed by atoms with van der Waals surface area (Å²) in [7, 11) is 1.87. The van der Waals surface area contributed by atoms with Crippen LogP contribution in [0.2, 0.25) is 0 Å². The predicted molar refractivity (Wildman–Crippen MR) is 130 cm³/mol. The Morgan fingerprint density at radius 3 is 2.44 bits per heavy atom. The number of nitrogens with one attached hydrogen (secondary N) is 1. The molecular weight excluding hydrogens is 420 g/mol. The van der Waals surface area contributed by atoms with Gasteiger partial charge < -0.3 is 9.88 Å². The fourth-order valence-corrected chi connectivity index (χ4v) is 4.54. The second-order valence-electron chi connectivity index (χ2n) is 7.62.